The average Bonchev–Trinajstić information content (AvgIpc) is 3.05. The molecule has 1 aromatic carbocycles. The highest BCUT2D eigenvalue weighted by Gasteiger charge is 2.38. The van der Waals surface area contributed by atoms with Crippen molar-refractivity contribution in [1.29, 1.82) is 0 Å². The van der Waals surface area contributed by atoms with Gasteiger partial charge >= 0.3 is 0 Å². The molecule has 3 nitrogen and oxygen atoms in total. The van der Waals surface area contributed by atoms with E-state index in [-0.39, 0.29) is 0 Å². The van der Waals surface area contributed by atoms with Gasteiger partial charge in [-0.2, -0.15) is 0 Å². The standard InChI is InChI=1S/C15H17N3/c1-3-17-8-10-6-13(10)14-9-18-15-7-11(16-2)4-5-12(14)15/h4-5,7,9-10,13,17-18H,3,6,8H2,1H3. The summed E-state index contributed by atoms with van der Waals surface area (Å²) >= 11 is 0. The molecule has 1 aromatic heterocycles. The second-order valence-corrected chi connectivity index (χ2v) is 5.00. The van der Waals surface area contributed by atoms with E-state index in [4.69, 9.17) is 6.57 Å². The fraction of sp³-hybridized carbons (Fsp3) is 0.400. The van der Waals surface area contributed by atoms with E-state index >= 15 is 0 Å². The molecule has 0 bridgehead atoms. The highest BCUT2D eigenvalue weighted by Crippen LogP contribution is 2.49. The van der Waals surface area contributed by atoms with Gasteiger partial charge in [-0.1, -0.05) is 19.1 Å². The van der Waals surface area contributed by atoms with Crippen LogP contribution in [-0.4, -0.2) is 18.1 Å². The number of aromatic amines is 1. The van der Waals surface area contributed by atoms with Crippen molar-refractivity contribution in [3.8, 4) is 0 Å². The maximum atomic E-state index is 7.03. The van der Waals surface area contributed by atoms with Gasteiger partial charge in [0.1, 0.15) is 0 Å². The number of rotatable bonds is 4. The number of H-pyrrole nitrogens is 1. The average molecular weight is 239 g/mol. The highest BCUT2D eigenvalue weighted by atomic mass is 14.9. The van der Waals surface area contributed by atoms with Crippen molar-refractivity contribution >= 4 is 16.6 Å². The van der Waals surface area contributed by atoms with Gasteiger partial charge in [-0.25, -0.2) is 4.85 Å². The van der Waals surface area contributed by atoms with Gasteiger partial charge in [0.2, 0.25) is 0 Å². The van der Waals surface area contributed by atoms with Crippen molar-refractivity contribution in [2.75, 3.05) is 13.1 Å². The van der Waals surface area contributed by atoms with Crippen LogP contribution >= 0.6 is 0 Å². The molecule has 2 aromatic rings. The summed E-state index contributed by atoms with van der Waals surface area (Å²) in [5, 5.41) is 4.70. The number of aromatic nitrogens is 1. The van der Waals surface area contributed by atoms with Crippen LogP contribution in [-0.2, 0) is 0 Å². The molecule has 0 amide bonds. The summed E-state index contributed by atoms with van der Waals surface area (Å²) in [6.45, 7) is 11.3. The maximum absolute atomic E-state index is 7.03. The lowest BCUT2D eigenvalue weighted by Crippen LogP contribution is -2.16. The molecule has 2 unspecified atom stereocenters. The van der Waals surface area contributed by atoms with Crippen molar-refractivity contribution in [2.24, 2.45) is 5.92 Å². The zero-order valence-corrected chi connectivity index (χ0v) is 10.5. The number of benzene rings is 1. The van der Waals surface area contributed by atoms with Gasteiger partial charge in [-0.3, -0.25) is 0 Å². The second kappa shape index (κ2) is 4.47. The van der Waals surface area contributed by atoms with Crippen molar-refractivity contribution < 1.29 is 0 Å². The molecule has 1 aliphatic rings. The second-order valence-electron chi connectivity index (χ2n) is 5.00. The summed E-state index contributed by atoms with van der Waals surface area (Å²) in [5.41, 5.74) is 3.22. The van der Waals surface area contributed by atoms with Crippen LogP contribution < -0.4 is 5.32 Å². The normalized spacial score (nSPS) is 22.0. The van der Waals surface area contributed by atoms with Gasteiger partial charge in [0.15, 0.2) is 5.69 Å². The lowest BCUT2D eigenvalue weighted by atomic mass is 10.1. The lowest BCUT2D eigenvalue weighted by molar-refractivity contribution is 0.650. The van der Waals surface area contributed by atoms with E-state index < -0.39 is 0 Å². The first-order chi connectivity index (χ1) is 8.83. The first kappa shape index (κ1) is 11.3. The Morgan fingerprint density at radius 1 is 1.50 bits per heavy atom. The van der Waals surface area contributed by atoms with Crippen molar-refractivity contribution in [3.05, 3.63) is 41.4 Å². The van der Waals surface area contributed by atoms with E-state index in [0.717, 1.165) is 24.5 Å². The predicted molar refractivity (Wildman–Crippen MR) is 74.0 cm³/mol. The molecular formula is C15H17N3. The molecule has 1 fully saturated rings. The van der Waals surface area contributed by atoms with Crippen LogP contribution in [0.2, 0.25) is 0 Å². The number of nitrogens with zero attached hydrogens (tertiary/aromatic N) is 1. The van der Waals surface area contributed by atoms with Gasteiger partial charge in [-0.05, 0) is 43.0 Å². The van der Waals surface area contributed by atoms with E-state index in [9.17, 15) is 0 Å². The van der Waals surface area contributed by atoms with Crippen molar-refractivity contribution in [3.63, 3.8) is 0 Å². The van der Waals surface area contributed by atoms with Gasteiger partial charge in [0.25, 0.3) is 0 Å². The van der Waals surface area contributed by atoms with Crippen LogP contribution in [0.25, 0.3) is 15.7 Å². The van der Waals surface area contributed by atoms with Crippen molar-refractivity contribution in [2.45, 2.75) is 19.3 Å². The Hall–Kier alpha value is -1.79. The third-order valence-corrected chi connectivity index (χ3v) is 3.81. The van der Waals surface area contributed by atoms with Crippen molar-refractivity contribution in [1.82, 2.24) is 10.3 Å². The minimum atomic E-state index is 0.691. The molecule has 0 aliphatic heterocycles. The first-order valence-corrected chi connectivity index (χ1v) is 6.52. The van der Waals surface area contributed by atoms with E-state index in [2.05, 4.69) is 34.3 Å². The number of hydrogen-bond donors (Lipinski definition) is 2. The molecular weight excluding hydrogens is 222 g/mol. The van der Waals surface area contributed by atoms with Crippen LogP contribution in [0.4, 0.5) is 5.69 Å². The van der Waals surface area contributed by atoms with Crippen LogP contribution in [0.5, 0.6) is 0 Å². The van der Waals surface area contributed by atoms with E-state index in [0.29, 0.717) is 11.6 Å². The lowest BCUT2D eigenvalue weighted by Gasteiger charge is -2.00. The fourth-order valence-corrected chi connectivity index (χ4v) is 2.70. The summed E-state index contributed by atoms with van der Waals surface area (Å²) < 4.78 is 0. The van der Waals surface area contributed by atoms with E-state index in [1.54, 1.807) is 0 Å². The molecule has 3 heteroatoms. The minimum absolute atomic E-state index is 0.691. The Labute approximate surface area is 107 Å². The Kier molecular flexibility index (Phi) is 2.81. The topological polar surface area (TPSA) is 32.2 Å². The SMILES string of the molecule is [C-]#[N+]c1ccc2c(C3CC3CNCC)c[nH]c2c1. The third kappa shape index (κ3) is 1.89. The first-order valence-electron chi connectivity index (χ1n) is 6.52. The zero-order valence-electron chi connectivity index (χ0n) is 10.5. The molecule has 0 saturated heterocycles. The van der Waals surface area contributed by atoms with Gasteiger partial charge < -0.3 is 10.3 Å². The Morgan fingerprint density at radius 3 is 3.17 bits per heavy atom. The molecule has 92 valence electrons. The monoisotopic (exact) mass is 239 g/mol. The number of nitrogens with one attached hydrogen (secondary N) is 2. The van der Waals surface area contributed by atoms with E-state index in [1.807, 2.05) is 12.1 Å². The Bertz CT molecular complexity index is 606. The van der Waals surface area contributed by atoms with Gasteiger partial charge in [0.05, 0.1) is 6.57 Å². The molecule has 18 heavy (non-hydrogen) atoms. The van der Waals surface area contributed by atoms with Crippen LogP contribution in [0.15, 0.2) is 24.4 Å². The zero-order chi connectivity index (χ0) is 12.5. The summed E-state index contributed by atoms with van der Waals surface area (Å²) in [4.78, 5) is 6.76. The van der Waals surface area contributed by atoms with E-state index in [1.165, 1.54) is 17.4 Å². The summed E-state index contributed by atoms with van der Waals surface area (Å²) in [6.07, 6.45) is 3.40. The predicted octanol–water partition coefficient (Wildman–Crippen LogP) is 3.43. The molecule has 0 spiro atoms. The van der Waals surface area contributed by atoms with Crippen LogP contribution in [0, 0.1) is 12.5 Å². The molecule has 0 radical (unpaired) electrons. The fourth-order valence-electron chi connectivity index (χ4n) is 2.70. The molecule has 1 saturated carbocycles. The third-order valence-electron chi connectivity index (χ3n) is 3.81. The number of hydrogen-bond acceptors (Lipinski definition) is 1. The minimum Gasteiger partial charge on any atom is -0.362 e. The van der Waals surface area contributed by atoms with Gasteiger partial charge in [0, 0.05) is 17.1 Å². The van der Waals surface area contributed by atoms with Gasteiger partial charge in [-0.15, -0.1) is 0 Å². The molecule has 2 atom stereocenters. The molecule has 3 rings (SSSR count). The van der Waals surface area contributed by atoms with Crippen LogP contribution in [0.1, 0.15) is 24.8 Å². The van der Waals surface area contributed by atoms with Crippen LogP contribution in [0.3, 0.4) is 0 Å². The summed E-state index contributed by atoms with van der Waals surface area (Å²) in [5.74, 6) is 1.47. The molecule has 1 aliphatic carbocycles. The smallest absolute Gasteiger partial charge is 0.189 e. The Balaban J connectivity index is 1.84. The largest absolute Gasteiger partial charge is 0.362 e. The Morgan fingerprint density at radius 2 is 2.39 bits per heavy atom. The molecule has 2 N–H and O–H groups in total. The quantitative estimate of drug-likeness (QED) is 0.787. The summed E-state index contributed by atoms with van der Waals surface area (Å²) in [7, 11) is 0. The highest BCUT2D eigenvalue weighted by molar-refractivity contribution is 5.87. The molecule has 1 heterocycles. The number of fused-ring (bicyclic) bond motifs is 1. The summed E-state index contributed by atoms with van der Waals surface area (Å²) in [6, 6.07) is 5.93. The maximum Gasteiger partial charge on any atom is 0.189 e.